The summed E-state index contributed by atoms with van der Waals surface area (Å²) < 4.78 is 10.7. The van der Waals surface area contributed by atoms with Gasteiger partial charge in [0.15, 0.2) is 0 Å². The van der Waals surface area contributed by atoms with E-state index in [2.05, 4.69) is 6.07 Å². The summed E-state index contributed by atoms with van der Waals surface area (Å²) in [6, 6.07) is 10.9. The van der Waals surface area contributed by atoms with E-state index in [0.29, 0.717) is 23.5 Å². The first-order valence-corrected chi connectivity index (χ1v) is 6.01. The van der Waals surface area contributed by atoms with Crippen LogP contribution in [0.1, 0.15) is 27.4 Å². The Morgan fingerprint density at radius 3 is 2.65 bits per heavy atom. The van der Waals surface area contributed by atoms with E-state index in [-0.39, 0.29) is 12.4 Å². The van der Waals surface area contributed by atoms with Crippen molar-refractivity contribution in [3.63, 3.8) is 0 Å². The molecule has 2 rings (SSSR count). The second-order valence-corrected chi connectivity index (χ2v) is 4.30. The van der Waals surface area contributed by atoms with Gasteiger partial charge in [-0.3, -0.25) is 0 Å². The number of carbonyl (C=O) groups is 1. The van der Waals surface area contributed by atoms with Gasteiger partial charge >= 0.3 is 5.97 Å². The molecule has 1 N–H and O–H groups in total. The minimum Gasteiger partial charge on any atom is -0.486 e. The van der Waals surface area contributed by atoms with Crippen LogP contribution in [0.4, 0.5) is 0 Å². The van der Waals surface area contributed by atoms with Gasteiger partial charge in [-0.15, -0.1) is 0 Å². The maximum Gasteiger partial charge on any atom is 0.372 e. The highest BCUT2D eigenvalue weighted by Crippen LogP contribution is 2.18. The minimum atomic E-state index is -1.09. The van der Waals surface area contributed by atoms with Crippen LogP contribution in [-0.4, -0.2) is 11.1 Å². The summed E-state index contributed by atoms with van der Waals surface area (Å²) >= 11 is 0. The average molecular weight is 271 g/mol. The van der Waals surface area contributed by atoms with Crippen LogP contribution >= 0.6 is 0 Å². The number of ether oxygens (including phenoxy) is 1. The molecule has 102 valence electrons. The highest BCUT2D eigenvalue weighted by atomic mass is 16.5. The average Bonchev–Trinajstić information content (AvgIpc) is 2.80. The number of aromatic carboxylic acids is 1. The van der Waals surface area contributed by atoms with Crippen LogP contribution in [0, 0.1) is 18.3 Å². The fourth-order valence-corrected chi connectivity index (χ4v) is 1.78. The molecule has 0 amide bonds. The van der Waals surface area contributed by atoms with E-state index in [1.807, 2.05) is 12.1 Å². The van der Waals surface area contributed by atoms with Crippen LogP contribution in [0.25, 0.3) is 0 Å². The van der Waals surface area contributed by atoms with Gasteiger partial charge in [-0.05, 0) is 30.7 Å². The van der Waals surface area contributed by atoms with Crippen LogP contribution in [0.2, 0.25) is 0 Å². The van der Waals surface area contributed by atoms with Crippen molar-refractivity contribution in [1.82, 2.24) is 0 Å². The van der Waals surface area contributed by atoms with E-state index in [4.69, 9.17) is 19.5 Å². The lowest BCUT2D eigenvalue weighted by molar-refractivity contribution is 0.0657. The lowest BCUT2D eigenvalue weighted by Crippen LogP contribution is -1.96. The van der Waals surface area contributed by atoms with Crippen molar-refractivity contribution in [2.75, 3.05) is 0 Å². The van der Waals surface area contributed by atoms with Crippen LogP contribution in [0.15, 0.2) is 34.7 Å². The predicted octanol–water partition coefficient (Wildman–Crippen LogP) is 2.93. The van der Waals surface area contributed by atoms with Gasteiger partial charge in [0.25, 0.3) is 0 Å². The molecule has 0 bridgehead atoms. The molecule has 0 atom stereocenters. The number of furan rings is 1. The first-order chi connectivity index (χ1) is 9.60. The number of aryl methyl sites for hydroxylation is 1. The van der Waals surface area contributed by atoms with Crippen LogP contribution in [0.3, 0.4) is 0 Å². The summed E-state index contributed by atoms with van der Waals surface area (Å²) in [5, 5.41) is 17.5. The Hall–Kier alpha value is -2.74. The molecule has 1 aromatic carbocycles. The molecular weight excluding hydrogens is 258 g/mol. The van der Waals surface area contributed by atoms with E-state index in [1.165, 1.54) is 0 Å². The molecule has 0 unspecified atom stereocenters. The third-order valence-electron chi connectivity index (χ3n) is 2.75. The van der Waals surface area contributed by atoms with Gasteiger partial charge < -0.3 is 14.3 Å². The van der Waals surface area contributed by atoms with Gasteiger partial charge in [0.05, 0.1) is 12.5 Å². The van der Waals surface area contributed by atoms with Crippen molar-refractivity contribution in [2.45, 2.75) is 20.0 Å². The minimum absolute atomic E-state index is 0.0621. The Kier molecular flexibility index (Phi) is 4.06. The Balaban J connectivity index is 2.00. The summed E-state index contributed by atoms with van der Waals surface area (Å²) in [5.41, 5.74) is 1.49. The van der Waals surface area contributed by atoms with Crippen LogP contribution in [-0.2, 0) is 13.0 Å². The Morgan fingerprint density at radius 1 is 1.40 bits per heavy atom. The van der Waals surface area contributed by atoms with Crippen molar-refractivity contribution < 1.29 is 19.1 Å². The van der Waals surface area contributed by atoms with Crippen molar-refractivity contribution in [3.05, 3.63) is 53.0 Å². The predicted molar refractivity (Wildman–Crippen MR) is 70.5 cm³/mol. The fourth-order valence-electron chi connectivity index (χ4n) is 1.78. The molecule has 0 aliphatic heterocycles. The summed E-state index contributed by atoms with van der Waals surface area (Å²) in [6.07, 6.45) is 0.361. The van der Waals surface area contributed by atoms with Crippen molar-refractivity contribution >= 4 is 5.97 Å². The Bertz CT molecular complexity index is 650. The third kappa shape index (κ3) is 3.18. The molecule has 0 saturated carbocycles. The molecule has 0 aliphatic carbocycles. The number of hydrogen-bond donors (Lipinski definition) is 1. The lowest BCUT2D eigenvalue weighted by Gasteiger charge is -2.04. The molecule has 1 heterocycles. The van der Waals surface area contributed by atoms with Crippen molar-refractivity contribution in [3.8, 4) is 11.8 Å². The summed E-state index contributed by atoms with van der Waals surface area (Å²) in [7, 11) is 0. The smallest absolute Gasteiger partial charge is 0.372 e. The molecule has 20 heavy (non-hydrogen) atoms. The van der Waals surface area contributed by atoms with E-state index < -0.39 is 5.97 Å². The van der Waals surface area contributed by atoms with E-state index in [1.54, 1.807) is 25.1 Å². The number of hydrogen-bond acceptors (Lipinski definition) is 4. The number of nitriles is 1. The van der Waals surface area contributed by atoms with Gasteiger partial charge in [0, 0.05) is 5.56 Å². The van der Waals surface area contributed by atoms with Gasteiger partial charge in [-0.25, -0.2) is 4.79 Å². The highest BCUT2D eigenvalue weighted by molar-refractivity contribution is 5.86. The van der Waals surface area contributed by atoms with Crippen molar-refractivity contribution in [1.29, 1.82) is 5.26 Å². The third-order valence-corrected chi connectivity index (χ3v) is 2.75. The standard InChI is InChI=1S/C15H13NO4/c1-10-8-13(20-14(10)15(17)18)9-19-12-4-2-11(3-5-12)6-7-16/h2-5,8H,6,9H2,1H3,(H,17,18). The van der Waals surface area contributed by atoms with E-state index in [0.717, 1.165) is 5.56 Å². The fraction of sp³-hybridized carbons (Fsp3) is 0.200. The number of carboxylic acids is 1. The zero-order valence-corrected chi connectivity index (χ0v) is 10.9. The molecule has 0 saturated heterocycles. The molecule has 0 aliphatic rings. The van der Waals surface area contributed by atoms with E-state index >= 15 is 0 Å². The Morgan fingerprint density at radius 2 is 2.10 bits per heavy atom. The second-order valence-electron chi connectivity index (χ2n) is 4.30. The molecule has 0 radical (unpaired) electrons. The topological polar surface area (TPSA) is 83.5 Å². The first-order valence-electron chi connectivity index (χ1n) is 6.01. The molecule has 2 aromatic rings. The van der Waals surface area contributed by atoms with Gasteiger partial charge in [0.2, 0.25) is 5.76 Å². The number of carboxylic acid groups (broad SMARTS) is 1. The molecule has 0 spiro atoms. The van der Waals surface area contributed by atoms with Crippen LogP contribution in [0.5, 0.6) is 5.75 Å². The van der Waals surface area contributed by atoms with Gasteiger partial charge in [-0.1, -0.05) is 12.1 Å². The molecule has 0 fully saturated rings. The zero-order chi connectivity index (χ0) is 14.5. The number of rotatable bonds is 5. The van der Waals surface area contributed by atoms with Gasteiger partial charge in [0.1, 0.15) is 18.1 Å². The summed E-state index contributed by atoms with van der Waals surface area (Å²) in [4.78, 5) is 10.8. The Labute approximate surface area is 116 Å². The zero-order valence-electron chi connectivity index (χ0n) is 10.9. The summed E-state index contributed by atoms with van der Waals surface area (Å²) in [5.74, 6) is -0.0545. The molecule has 5 heteroatoms. The molecule has 1 aromatic heterocycles. The normalized spacial score (nSPS) is 10.0. The first kappa shape index (κ1) is 13.7. The largest absolute Gasteiger partial charge is 0.486 e. The number of benzene rings is 1. The quantitative estimate of drug-likeness (QED) is 0.903. The maximum absolute atomic E-state index is 10.8. The van der Waals surface area contributed by atoms with E-state index in [9.17, 15) is 4.79 Å². The monoisotopic (exact) mass is 271 g/mol. The SMILES string of the molecule is Cc1cc(COc2ccc(CC#N)cc2)oc1C(=O)O. The maximum atomic E-state index is 10.8. The van der Waals surface area contributed by atoms with Gasteiger partial charge in [-0.2, -0.15) is 5.26 Å². The highest BCUT2D eigenvalue weighted by Gasteiger charge is 2.14. The summed E-state index contributed by atoms with van der Waals surface area (Å²) in [6.45, 7) is 1.83. The second kappa shape index (κ2) is 5.93. The molecular formula is C15H13NO4. The number of nitrogens with zero attached hydrogens (tertiary/aromatic N) is 1. The van der Waals surface area contributed by atoms with Crippen LogP contribution < -0.4 is 4.74 Å². The lowest BCUT2D eigenvalue weighted by atomic mass is 10.2. The molecule has 5 nitrogen and oxygen atoms in total. The van der Waals surface area contributed by atoms with Crippen molar-refractivity contribution in [2.24, 2.45) is 0 Å².